The van der Waals surface area contributed by atoms with Gasteiger partial charge in [0.2, 0.25) is 0 Å². The Bertz CT molecular complexity index is 878. The van der Waals surface area contributed by atoms with Gasteiger partial charge in [-0.3, -0.25) is 4.90 Å². The van der Waals surface area contributed by atoms with Gasteiger partial charge in [-0.1, -0.05) is 47.6 Å². The fraction of sp³-hybridized carbons (Fsp3) is 0.318. The third-order valence-electron chi connectivity index (χ3n) is 4.87. The summed E-state index contributed by atoms with van der Waals surface area (Å²) in [5, 5.41) is 4.20. The fourth-order valence-electron chi connectivity index (χ4n) is 3.58. The van der Waals surface area contributed by atoms with E-state index >= 15 is 0 Å². The molecule has 0 amide bonds. The van der Waals surface area contributed by atoms with Crippen molar-refractivity contribution in [2.24, 2.45) is 0 Å². The van der Waals surface area contributed by atoms with Gasteiger partial charge in [0.15, 0.2) is 5.76 Å². The topological polar surface area (TPSA) is 41.7 Å². The third-order valence-corrected chi connectivity index (χ3v) is 4.87. The number of para-hydroxylation sites is 2. The first-order valence-corrected chi connectivity index (χ1v) is 9.43. The van der Waals surface area contributed by atoms with E-state index in [1.165, 1.54) is 5.69 Å². The maximum absolute atomic E-state index is 6.22. The highest BCUT2D eigenvalue weighted by molar-refractivity contribution is 5.60. The maximum atomic E-state index is 6.22. The standard InChI is InChI=1S/C22H25N3O2/c1-3-25-16-19(26-22-12-8-7-11-21(22)25)15-24(2)14-18-13-20(23-27-18)17-9-5-4-6-10-17/h4-13,19H,3,14-16H2,1-2H3/t19-/m1/s1. The van der Waals surface area contributed by atoms with Crippen LogP contribution in [0.1, 0.15) is 12.7 Å². The van der Waals surface area contributed by atoms with E-state index < -0.39 is 0 Å². The number of nitrogens with zero attached hydrogens (tertiary/aromatic N) is 3. The largest absolute Gasteiger partial charge is 0.485 e. The van der Waals surface area contributed by atoms with Crippen molar-refractivity contribution in [1.82, 2.24) is 10.1 Å². The van der Waals surface area contributed by atoms with E-state index in [4.69, 9.17) is 9.26 Å². The van der Waals surface area contributed by atoms with Crippen molar-refractivity contribution in [2.45, 2.75) is 19.6 Å². The number of hydrogen-bond donors (Lipinski definition) is 0. The minimum Gasteiger partial charge on any atom is -0.485 e. The van der Waals surface area contributed by atoms with Gasteiger partial charge in [0.25, 0.3) is 0 Å². The van der Waals surface area contributed by atoms with Crippen molar-refractivity contribution in [2.75, 3.05) is 31.6 Å². The number of fused-ring (bicyclic) bond motifs is 1. The van der Waals surface area contributed by atoms with E-state index in [0.717, 1.165) is 42.4 Å². The van der Waals surface area contributed by atoms with Gasteiger partial charge in [-0.05, 0) is 26.1 Å². The summed E-state index contributed by atoms with van der Waals surface area (Å²) < 4.78 is 11.8. The van der Waals surface area contributed by atoms with Gasteiger partial charge in [-0.15, -0.1) is 0 Å². The SMILES string of the molecule is CCN1C[C@@H](CN(C)Cc2cc(-c3ccccc3)no2)Oc2ccccc21. The third kappa shape index (κ3) is 3.98. The number of anilines is 1. The van der Waals surface area contributed by atoms with Gasteiger partial charge in [0.05, 0.1) is 18.8 Å². The molecule has 0 unspecified atom stereocenters. The molecule has 3 aromatic rings. The average molecular weight is 363 g/mol. The van der Waals surface area contributed by atoms with Crippen LogP contribution < -0.4 is 9.64 Å². The van der Waals surface area contributed by atoms with E-state index in [-0.39, 0.29) is 6.10 Å². The molecule has 0 saturated heterocycles. The number of ether oxygens (including phenoxy) is 1. The predicted octanol–water partition coefficient (Wildman–Crippen LogP) is 4.06. The lowest BCUT2D eigenvalue weighted by molar-refractivity contribution is 0.134. The number of aromatic nitrogens is 1. The molecule has 0 radical (unpaired) electrons. The lowest BCUT2D eigenvalue weighted by atomic mass is 10.1. The van der Waals surface area contributed by atoms with Crippen LogP contribution in [0.5, 0.6) is 5.75 Å². The lowest BCUT2D eigenvalue weighted by Crippen LogP contribution is -2.45. The van der Waals surface area contributed by atoms with Crippen LogP contribution in [0.3, 0.4) is 0 Å². The summed E-state index contributed by atoms with van der Waals surface area (Å²) >= 11 is 0. The smallest absolute Gasteiger partial charge is 0.151 e. The molecule has 2 aromatic carbocycles. The zero-order valence-corrected chi connectivity index (χ0v) is 15.8. The average Bonchev–Trinajstić information content (AvgIpc) is 3.16. The molecule has 0 fully saturated rings. The maximum Gasteiger partial charge on any atom is 0.151 e. The van der Waals surface area contributed by atoms with E-state index in [9.17, 15) is 0 Å². The quantitative estimate of drug-likeness (QED) is 0.661. The van der Waals surface area contributed by atoms with Crippen LogP contribution in [0.2, 0.25) is 0 Å². The van der Waals surface area contributed by atoms with Gasteiger partial charge in [-0.2, -0.15) is 0 Å². The minimum atomic E-state index is 0.126. The van der Waals surface area contributed by atoms with Gasteiger partial charge < -0.3 is 14.2 Å². The summed E-state index contributed by atoms with van der Waals surface area (Å²) in [5.74, 6) is 1.83. The monoisotopic (exact) mass is 363 g/mol. The van der Waals surface area contributed by atoms with Crippen molar-refractivity contribution < 1.29 is 9.26 Å². The van der Waals surface area contributed by atoms with Crippen molar-refractivity contribution in [3.05, 3.63) is 66.4 Å². The van der Waals surface area contributed by atoms with Crippen LogP contribution in [0.4, 0.5) is 5.69 Å². The number of rotatable bonds is 6. The first-order valence-electron chi connectivity index (χ1n) is 9.43. The van der Waals surface area contributed by atoms with Crippen molar-refractivity contribution >= 4 is 5.69 Å². The normalized spacial score (nSPS) is 16.3. The van der Waals surface area contributed by atoms with Crippen LogP contribution >= 0.6 is 0 Å². The van der Waals surface area contributed by atoms with Crippen molar-refractivity contribution in [3.8, 4) is 17.0 Å². The summed E-state index contributed by atoms with van der Waals surface area (Å²) in [6, 6.07) is 20.4. The molecular weight excluding hydrogens is 338 g/mol. The summed E-state index contributed by atoms with van der Waals surface area (Å²) in [6.45, 7) is 5.58. The van der Waals surface area contributed by atoms with Crippen molar-refractivity contribution in [3.63, 3.8) is 0 Å². The van der Waals surface area contributed by atoms with Gasteiger partial charge in [0.1, 0.15) is 17.5 Å². The van der Waals surface area contributed by atoms with Crippen LogP contribution in [-0.4, -0.2) is 42.8 Å². The molecule has 27 heavy (non-hydrogen) atoms. The Morgan fingerprint density at radius 1 is 1.11 bits per heavy atom. The highest BCUT2D eigenvalue weighted by Crippen LogP contribution is 2.33. The Labute approximate surface area is 160 Å². The molecule has 0 aliphatic carbocycles. The molecule has 5 nitrogen and oxygen atoms in total. The molecule has 0 saturated carbocycles. The summed E-state index contributed by atoms with van der Waals surface area (Å²) in [7, 11) is 2.09. The first-order chi connectivity index (χ1) is 13.2. The van der Waals surface area contributed by atoms with Gasteiger partial charge in [-0.25, -0.2) is 0 Å². The molecule has 1 atom stereocenters. The van der Waals surface area contributed by atoms with E-state index in [1.807, 2.05) is 48.5 Å². The Morgan fingerprint density at radius 2 is 1.89 bits per heavy atom. The molecule has 5 heteroatoms. The Hall–Kier alpha value is -2.79. The zero-order valence-electron chi connectivity index (χ0n) is 15.8. The zero-order chi connectivity index (χ0) is 18.6. The summed E-state index contributed by atoms with van der Waals surface area (Å²) in [4.78, 5) is 4.60. The van der Waals surface area contributed by atoms with Crippen LogP contribution in [0.25, 0.3) is 11.3 Å². The molecular formula is C22H25N3O2. The molecule has 4 rings (SSSR count). The molecule has 0 spiro atoms. The van der Waals surface area contributed by atoms with Crippen molar-refractivity contribution in [1.29, 1.82) is 0 Å². The Kier molecular flexibility index (Phi) is 5.12. The Balaban J connectivity index is 1.39. The van der Waals surface area contributed by atoms with Gasteiger partial charge >= 0.3 is 0 Å². The fourth-order valence-corrected chi connectivity index (χ4v) is 3.58. The van der Waals surface area contributed by atoms with E-state index in [2.05, 4.69) is 41.1 Å². The molecule has 2 heterocycles. The summed E-state index contributed by atoms with van der Waals surface area (Å²) in [6.07, 6.45) is 0.126. The second kappa shape index (κ2) is 7.84. The van der Waals surface area contributed by atoms with E-state index in [0.29, 0.717) is 6.54 Å². The number of benzene rings is 2. The minimum absolute atomic E-state index is 0.126. The second-order valence-corrected chi connectivity index (χ2v) is 6.99. The molecule has 1 aliphatic rings. The highest BCUT2D eigenvalue weighted by atomic mass is 16.5. The number of likely N-dealkylation sites (N-methyl/N-ethyl adjacent to an activating group) is 2. The molecule has 1 aliphatic heterocycles. The van der Waals surface area contributed by atoms with E-state index in [1.54, 1.807) is 0 Å². The van der Waals surface area contributed by atoms with Crippen LogP contribution in [0.15, 0.2) is 65.2 Å². The molecule has 0 bridgehead atoms. The van der Waals surface area contributed by atoms with Gasteiger partial charge in [0, 0.05) is 24.7 Å². The van der Waals surface area contributed by atoms with Crippen LogP contribution in [0, 0.1) is 0 Å². The molecule has 140 valence electrons. The Morgan fingerprint density at radius 3 is 2.70 bits per heavy atom. The van der Waals surface area contributed by atoms with Crippen LogP contribution in [-0.2, 0) is 6.54 Å². The first kappa shape index (κ1) is 17.6. The summed E-state index contributed by atoms with van der Waals surface area (Å²) in [5.41, 5.74) is 3.13. The lowest BCUT2D eigenvalue weighted by Gasteiger charge is -2.37. The number of hydrogen-bond acceptors (Lipinski definition) is 5. The predicted molar refractivity (Wildman–Crippen MR) is 107 cm³/mol. The molecule has 1 aromatic heterocycles. The highest BCUT2D eigenvalue weighted by Gasteiger charge is 2.25. The molecule has 0 N–H and O–H groups in total. The second-order valence-electron chi connectivity index (χ2n) is 6.99.